The maximum absolute atomic E-state index is 13.0. The van der Waals surface area contributed by atoms with Crippen LogP contribution < -0.4 is 10.2 Å². The van der Waals surface area contributed by atoms with Crippen LogP contribution in [0.5, 0.6) is 0 Å². The van der Waals surface area contributed by atoms with Crippen molar-refractivity contribution in [3.63, 3.8) is 0 Å². The Bertz CT molecular complexity index is 524. The van der Waals surface area contributed by atoms with Gasteiger partial charge in [-0.15, -0.1) is 11.3 Å². The minimum absolute atomic E-state index is 0.214. The van der Waals surface area contributed by atoms with Crippen LogP contribution in [0.15, 0.2) is 29.6 Å². The van der Waals surface area contributed by atoms with E-state index >= 15 is 0 Å². The summed E-state index contributed by atoms with van der Waals surface area (Å²) in [6.45, 7) is 6.82. The van der Waals surface area contributed by atoms with Crippen molar-refractivity contribution < 1.29 is 4.39 Å². The average Bonchev–Trinajstić information content (AvgIpc) is 2.91. The van der Waals surface area contributed by atoms with E-state index in [2.05, 4.69) is 34.4 Å². The number of halogens is 1. The molecule has 0 aliphatic rings. The van der Waals surface area contributed by atoms with Crippen LogP contribution in [0.2, 0.25) is 0 Å². The van der Waals surface area contributed by atoms with Gasteiger partial charge in [-0.2, -0.15) is 0 Å². The third-order valence-corrected chi connectivity index (χ3v) is 3.87. The Kier molecular flexibility index (Phi) is 5.49. The van der Waals surface area contributed by atoms with Crippen LogP contribution in [-0.4, -0.2) is 18.1 Å². The summed E-state index contributed by atoms with van der Waals surface area (Å²) >= 11 is 1.62. The molecule has 5 heteroatoms. The molecule has 2 rings (SSSR count). The number of anilines is 2. The van der Waals surface area contributed by atoms with E-state index in [1.165, 1.54) is 12.1 Å². The molecule has 3 nitrogen and oxygen atoms in total. The summed E-state index contributed by atoms with van der Waals surface area (Å²) in [5.74, 6) is -0.214. The minimum atomic E-state index is -0.214. The number of nitrogens with zero attached hydrogens (tertiary/aromatic N) is 2. The second-order valence-electron chi connectivity index (χ2n) is 4.52. The van der Waals surface area contributed by atoms with Crippen molar-refractivity contribution in [2.24, 2.45) is 0 Å². The van der Waals surface area contributed by atoms with Crippen LogP contribution >= 0.6 is 11.3 Å². The van der Waals surface area contributed by atoms with Crippen LogP contribution in [0.4, 0.5) is 15.2 Å². The van der Waals surface area contributed by atoms with E-state index in [-0.39, 0.29) is 5.82 Å². The van der Waals surface area contributed by atoms with E-state index in [0.717, 1.165) is 42.6 Å². The molecule has 0 amide bonds. The number of nitrogens with one attached hydrogen (secondary N) is 1. The van der Waals surface area contributed by atoms with Crippen LogP contribution in [-0.2, 0) is 6.54 Å². The zero-order valence-electron chi connectivity index (χ0n) is 11.9. The van der Waals surface area contributed by atoms with E-state index in [4.69, 9.17) is 0 Å². The molecule has 0 aliphatic heterocycles. The van der Waals surface area contributed by atoms with Gasteiger partial charge >= 0.3 is 0 Å². The highest BCUT2D eigenvalue weighted by atomic mass is 32.1. The van der Waals surface area contributed by atoms with Gasteiger partial charge in [-0.3, -0.25) is 0 Å². The molecule has 0 atom stereocenters. The van der Waals surface area contributed by atoms with Gasteiger partial charge in [0.05, 0.1) is 5.69 Å². The fourth-order valence-electron chi connectivity index (χ4n) is 1.94. The third kappa shape index (κ3) is 3.77. The second-order valence-corrected chi connectivity index (χ2v) is 5.36. The number of hydrogen-bond donors (Lipinski definition) is 1. The number of thiazole rings is 1. The van der Waals surface area contributed by atoms with Crippen molar-refractivity contribution in [1.29, 1.82) is 0 Å². The van der Waals surface area contributed by atoms with Gasteiger partial charge in [0.1, 0.15) is 5.82 Å². The first-order valence-corrected chi connectivity index (χ1v) is 7.80. The van der Waals surface area contributed by atoms with Gasteiger partial charge in [-0.1, -0.05) is 6.92 Å². The zero-order valence-corrected chi connectivity index (χ0v) is 12.7. The highest BCUT2D eigenvalue weighted by Gasteiger charge is 2.11. The molecule has 0 radical (unpaired) electrons. The molecule has 0 fully saturated rings. The molecule has 20 heavy (non-hydrogen) atoms. The lowest BCUT2D eigenvalue weighted by Crippen LogP contribution is -2.17. The topological polar surface area (TPSA) is 28.2 Å². The quantitative estimate of drug-likeness (QED) is 0.784. The molecular formula is C15H20FN3S. The van der Waals surface area contributed by atoms with Crippen molar-refractivity contribution >= 4 is 22.2 Å². The molecule has 1 heterocycles. The van der Waals surface area contributed by atoms with Crippen LogP contribution in [0.25, 0.3) is 0 Å². The van der Waals surface area contributed by atoms with Gasteiger partial charge < -0.3 is 10.2 Å². The van der Waals surface area contributed by atoms with Crippen molar-refractivity contribution in [2.75, 3.05) is 18.0 Å². The highest BCUT2D eigenvalue weighted by Crippen LogP contribution is 2.28. The first kappa shape index (κ1) is 14.9. The summed E-state index contributed by atoms with van der Waals surface area (Å²) in [5.41, 5.74) is 2.02. The van der Waals surface area contributed by atoms with E-state index < -0.39 is 0 Å². The average molecular weight is 293 g/mol. The molecule has 2 aromatic rings. The normalized spacial score (nSPS) is 10.8. The maximum Gasteiger partial charge on any atom is 0.190 e. The largest absolute Gasteiger partial charge is 0.318 e. The molecule has 0 bridgehead atoms. The Morgan fingerprint density at radius 2 is 2.00 bits per heavy atom. The Morgan fingerprint density at radius 1 is 1.25 bits per heavy atom. The van der Waals surface area contributed by atoms with E-state index in [9.17, 15) is 4.39 Å². The van der Waals surface area contributed by atoms with Gasteiger partial charge in [0.2, 0.25) is 0 Å². The summed E-state index contributed by atoms with van der Waals surface area (Å²) in [6.07, 6.45) is 1.12. The van der Waals surface area contributed by atoms with Crippen molar-refractivity contribution in [2.45, 2.75) is 26.8 Å². The maximum atomic E-state index is 13.0. The van der Waals surface area contributed by atoms with E-state index in [1.54, 1.807) is 23.5 Å². The Hall–Kier alpha value is -1.46. The van der Waals surface area contributed by atoms with Crippen LogP contribution in [0.3, 0.4) is 0 Å². The van der Waals surface area contributed by atoms with Gasteiger partial charge in [-0.25, -0.2) is 9.37 Å². The molecule has 108 valence electrons. The summed E-state index contributed by atoms with van der Waals surface area (Å²) in [7, 11) is 0. The molecule has 0 spiro atoms. The Labute approximate surface area is 123 Å². The highest BCUT2D eigenvalue weighted by molar-refractivity contribution is 7.13. The fourth-order valence-corrected chi connectivity index (χ4v) is 2.85. The van der Waals surface area contributed by atoms with E-state index in [0.29, 0.717) is 0 Å². The summed E-state index contributed by atoms with van der Waals surface area (Å²) in [6, 6.07) is 6.54. The molecule has 1 aromatic carbocycles. The van der Waals surface area contributed by atoms with Gasteiger partial charge in [0, 0.05) is 24.2 Å². The molecule has 0 saturated heterocycles. The number of aromatic nitrogens is 1. The number of benzene rings is 1. The van der Waals surface area contributed by atoms with Crippen molar-refractivity contribution in [3.8, 4) is 0 Å². The van der Waals surface area contributed by atoms with Crippen molar-refractivity contribution in [1.82, 2.24) is 10.3 Å². The lowest BCUT2D eigenvalue weighted by molar-refractivity contribution is 0.628. The molecule has 1 N–H and O–H groups in total. The van der Waals surface area contributed by atoms with E-state index in [1.807, 2.05) is 0 Å². The third-order valence-electron chi connectivity index (χ3n) is 2.96. The summed E-state index contributed by atoms with van der Waals surface area (Å²) in [4.78, 5) is 6.73. The standard InChI is InChI=1S/C15H20FN3S/c1-3-9-17-10-13-11-20-15(18-13)19(4-2)14-7-5-12(16)6-8-14/h5-8,11,17H,3-4,9-10H2,1-2H3. The summed E-state index contributed by atoms with van der Waals surface area (Å²) < 4.78 is 13.0. The number of hydrogen-bond acceptors (Lipinski definition) is 4. The smallest absolute Gasteiger partial charge is 0.190 e. The molecule has 0 aliphatic carbocycles. The minimum Gasteiger partial charge on any atom is -0.318 e. The first-order chi connectivity index (χ1) is 9.74. The van der Waals surface area contributed by atoms with Gasteiger partial charge in [0.25, 0.3) is 0 Å². The lowest BCUT2D eigenvalue weighted by atomic mass is 10.3. The first-order valence-electron chi connectivity index (χ1n) is 6.92. The fraction of sp³-hybridized carbons (Fsp3) is 0.400. The second kappa shape index (κ2) is 7.36. The van der Waals surface area contributed by atoms with Crippen molar-refractivity contribution in [3.05, 3.63) is 41.2 Å². The molecule has 0 unspecified atom stereocenters. The van der Waals surface area contributed by atoms with Gasteiger partial charge in [0.15, 0.2) is 5.13 Å². The van der Waals surface area contributed by atoms with Gasteiger partial charge in [-0.05, 0) is 44.2 Å². The predicted molar refractivity (Wildman–Crippen MR) is 83.2 cm³/mol. The Balaban J connectivity index is 2.09. The zero-order chi connectivity index (χ0) is 14.4. The summed E-state index contributed by atoms with van der Waals surface area (Å²) in [5, 5.41) is 6.37. The van der Waals surface area contributed by atoms with Crippen LogP contribution in [0, 0.1) is 5.82 Å². The SMILES string of the molecule is CCCNCc1csc(N(CC)c2ccc(F)cc2)n1. The number of rotatable bonds is 7. The monoisotopic (exact) mass is 293 g/mol. The lowest BCUT2D eigenvalue weighted by Gasteiger charge is -2.19. The molecule has 0 saturated carbocycles. The molecule has 1 aromatic heterocycles. The van der Waals surface area contributed by atoms with Crippen LogP contribution in [0.1, 0.15) is 26.0 Å². The molecular weight excluding hydrogens is 273 g/mol. The predicted octanol–water partition coefficient (Wildman–Crippen LogP) is 3.94. The Morgan fingerprint density at radius 3 is 2.65 bits per heavy atom.